The van der Waals surface area contributed by atoms with Crippen LogP contribution < -0.4 is 11.1 Å². The van der Waals surface area contributed by atoms with E-state index in [2.05, 4.69) is 20.3 Å². The van der Waals surface area contributed by atoms with E-state index in [4.69, 9.17) is 22.1 Å². The topological polar surface area (TPSA) is 148 Å². The summed E-state index contributed by atoms with van der Waals surface area (Å²) in [5, 5.41) is 2.88. The van der Waals surface area contributed by atoms with E-state index in [1.807, 2.05) is 0 Å². The fraction of sp³-hybridized carbons (Fsp3) is 0.500. The van der Waals surface area contributed by atoms with Gasteiger partial charge in [0.1, 0.15) is 5.52 Å². The van der Waals surface area contributed by atoms with Gasteiger partial charge in [0, 0.05) is 13.0 Å². The molecular weight excluding hydrogens is 335 g/mol. The number of hydrogen-bond donors (Lipinski definition) is 4. The average Bonchev–Trinajstić information content (AvgIpc) is 3.02. The third kappa shape index (κ3) is 2.58. The highest BCUT2D eigenvalue weighted by Gasteiger charge is 2.50. The Morgan fingerprint density at radius 3 is 2.95 bits per heavy atom. The van der Waals surface area contributed by atoms with Crippen LogP contribution >= 0.6 is 19.2 Å². The van der Waals surface area contributed by atoms with E-state index in [1.54, 1.807) is 0 Å². The van der Waals surface area contributed by atoms with Crippen LogP contribution in [-0.2, 0) is 16.0 Å². The fourth-order valence-corrected chi connectivity index (χ4v) is 3.55. The molecule has 2 aromatic heterocycles. The van der Waals surface area contributed by atoms with Crippen LogP contribution in [0.1, 0.15) is 12.8 Å². The van der Waals surface area contributed by atoms with Crippen LogP contribution in [0.25, 0.3) is 11.2 Å². The minimum atomic E-state index is -4.49. The monoisotopic (exact) mass is 348 g/mol. The second-order valence-electron chi connectivity index (χ2n) is 4.87. The van der Waals surface area contributed by atoms with Crippen molar-refractivity contribution in [3.8, 4) is 0 Å². The van der Waals surface area contributed by atoms with Crippen molar-refractivity contribution in [2.45, 2.75) is 25.0 Å². The number of fused-ring (bicyclic) bond motifs is 1. The third-order valence-electron chi connectivity index (χ3n) is 3.44. The summed E-state index contributed by atoms with van der Waals surface area (Å²) in [6.07, 6.45) is 2.20. The van der Waals surface area contributed by atoms with Crippen molar-refractivity contribution in [1.82, 2.24) is 24.8 Å². The first-order valence-corrected chi connectivity index (χ1v) is 8.40. The molecule has 22 heavy (non-hydrogen) atoms. The summed E-state index contributed by atoms with van der Waals surface area (Å²) in [6, 6.07) is 0. The van der Waals surface area contributed by atoms with Crippen LogP contribution in [0.2, 0.25) is 5.15 Å². The van der Waals surface area contributed by atoms with E-state index in [0.29, 0.717) is 17.6 Å². The molecule has 0 aliphatic carbocycles. The van der Waals surface area contributed by atoms with Gasteiger partial charge in [-0.2, -0.15) is 9.97 Å². The molecule has 2 aromatic rings. The van der Waals surface area contributed by atoms with E-state index in [1.165, 1.54) is 10.9 Å². The largest absolute Gasteiger partial charge is 0.372 e. The summed E-state index contributed by atoms with van der Waals surface area (Å²) in [4.78, 5) is 31.0. The van der Waals surface area contributed by atoms with Gasteiger partial charge in [-0.15, -0.1) is 0 Å². The summed E-state index contributed by atoms with van der Waals surface area (Å²) in [6.45, 7) is 0.304. The average molecular weight is 349 g/mol. The molecule has 1 aliphatic rings. The Labute approximate surface area is 129 Å². The number of hydrogen-bond acceptors (Lipinski definition) is 7. The quantitative estimate of drug-likeness (QED) is 0.450. The number of nitrogens with one attached hydrogen (secondary N) is 1. The molecule has 3 rings (SSSR count). The normalized spacial score (nSPS) is 22.5. The van der Waals surface area contributed by atoms with Crippen LogP contribution in [0, 0.1) is 0 Å². The molecule has 0 aromatic carbocycles. The molecule has 0 unspecified atom stereocenters. The van der Waals surface area contributed by atoms with Crippen molar-refractivity contribution in [2.24, 2.45) is 0 Å². The molecule has 10 nitrogen and oxygen atoms in total. The molecule has 0 amide bonds. The van der Waals surface area contributed by atoms with E-state index in [0.717, 1.165) is 0 Å². The van der Waals surface area contributed by atoms with Gasteiger partial charge in [-0.3, -0.25) is 9.88 Å². The summed E-state index contributed by atoms with van der Waals surface area (Å²) in [5.41, 5.74) is 4.58. The number of halogens is 1. The zero-order chi connectivity index (χ0) is 16.0. The molecule has 1 aliphatic heterocycles. The highest BCUT2D eigenvalue weighted by molar-refractivity contribution is 7.53. The number of nitrogens with two attached hydrogens (primary N) is 1. The highest BCUT2D eigenvalue weighted by Crippen LogP contribution is 2.54. The van der Waals surface area contributed by atoms with Gasteiger partial charge in [0.2, 0.25) is 11.4 Å². The Balaban J connectivity index is 1.89. The minimum absolute atomic E-state index is 0.0129. The predicted octanol–water partition coefficient (Wildman–Crippen LogP) is 0.251. The Hall–Kier alpha value is -1.29. The maximum absolute atomic E-state index is 11.7. The lowest BCUT2D eigenvalue weighted by molar-refractivity contribution is 0.0167. The standard InChI is InChI=1S/C10H14ClN6O4P/c11-7-6-8(16-9(12)15-7)17(4-13-6)5-14-10(22(18,19)20)2-1-3-21-10/h4,14H,1-3,5H2,(H2,12,15,16)(H2,18,19,20)/t10-/m0/s1. The molecule has 3 heterocycles. The van der Waals surface area contributed by atoms with Crippen LogP contribution in [-0.4, -0.2) is 41.4 Å². The highest BCUT2D eigenvalue weighted by atomic mass is 35.5. The van der Waals surface area contributed by atoms with Crippen molar-refractivity contribution < 1.29 is 19.1 Å². The molecule has 1 fully saturated rings. The van der Waals surface area contributed by atoms with E-state index < -0.39 is 13.1 Å². The lowest BCUT2D eigenvalue weighted by Crippen LogP contribution is -2.44. The van der Waals surface area contributed by atoms with Gasteiger partial charge in [0.25, 0.3) is 0 Å². The molecule has 0 spiro atoms. The first kappa shape index (κ1) is 15.6. The maximum atomic E-state index is 11.7. The molecule has 1 atom stereocenters. The van der Waals surface area contributed by atoms with Gasteiger partial charge in [0.05, 0.1) is 13.0 Å². The third-order valence-corrected chi connectivity index (χ3v) is 5.15. The van der Waals surface area contributed by atoms with Crippen molar-refractivity contribution in [3.05, 3.63) is 11.5 Å². The predicted molar refractivity (Wildman–Crippen MR) is 77.8 cm³/mol. The Kier molecular flexibility index (Phi) is 3.84. The SMILES string of the molecule is Nc1nc(Cl)c2ncn(CN[C@@]3(P(=O)(O)O)CCCO3)c2n1. The van der Waals surface area contributed by atoms with Crippen molar-refractivity contribution >= 4 is 36.3 Å². The first-order chi connectivity index (χ1) is 10.3. The number of aromatic nitrogens is 4. The van der Waals surface area contributed by atoms with E-state index >= 15 is 0 Å². The first-order valence-electron chi connectivity index (χ1n) is 6.41. The Morgan fingerprint density at radius 1 is 1.55 bits per heavy atom. The van der Waals surface area contributed by atoms with Crippen molar-refractivity contribution in [1.29, 1.82) is 0 Å². The van der Waals surface area contributed by atoms with E-state index in [9.17, 15) is 14.4 Å². The summed E-state index contributed by atoms with van der Waals surface area (Å²) >= 11 is 5.93. The zero-order valence-corrected chi connectivity index (χ0v) is 13.0. The maximum Gasteiger partial charge on any atom is 0.372 e. The van der Waals surface area contributed by atoms with Gasteiger partial charge in [-0.1, -0.05) is 11.6 Å². The molecule has 12 heteroatoms. The van der Waals surface area contributed by atoms with Crippen LogP contribution in [0.15, 0.2) is 6.33 Å². The fourth-order valence-electron chi connectivity index (χ4n) is 2.35. The molecule has 0 saturated carbocycles. The molecule has 1 saturated heterocycles. The number of rotatable bonds is 4. The van der Waals surface area contributed by atoms with Crippen molar-refractivity contribution in [2.75, 3.05) is 12.3 Å². The van der Waals surface area contributed by atoms with Gasteiger partial charge in [-0.05, 0) is 6.42 Å². The lowest BCUT2D eigenvalue weighted by atomic mass is 10.3. The lowest BCUT2D eigenvalue weighted by Gasteiger charge is -2.30. The zero-order valence-electron chi connectivity index (χ0n) is 11.3. The van der Waals surface area contributed by atoms with E-state index in [-0.39, 0.29) is 30.8 Å². The van der Waals surface area contributed by atoms with Gasteiger partial charge in [0.15, 0.2) is 10.8 Å². The summed E-state index contributed by atoms with van der Waals surface area (Å²) in [7, 11) is -4.49. The molecule has 0 radical (unpaired) electrons. The summed E-state index contributed by atoms with van der Waals surface area (Å²) in [5.74, 6) is -0.0129. The number of anilines is 1. The molecule has 5 N–H and O–H groups in total. The molecular formula is C10H14ClN6O4P. The number of imidazole rings is 1. The second kappa shape index (κ2) is 5.41. The van der Waals surface area contributed by atoms with Gasteiger partial charge < -0.3 is 24.8 Å². The Morgan fingerprint density at radius 2 is 2.32 bits per heavy atom. The van der Waals surface area contributed by atoms with Crippen LogP contribution in [0.4, 0.5) is 5.95 Å². The Bertz CT molecular complexity index is 755. The smallest absolute Gasteiger partial charge is 0.368 e. The summed E-state index contributed by atoms with van der Waals surface area (Å²) < 4.78 is 18.5. The van der Waals surface area contributed by atoms with Gasteiger partial charge >= 0.3 is 7.60 Å². The van der Waals surface area contributed by atoms with Crippen molar-refractivity contribution in [3.63, 3.8) is 0 Å². The molecule has 120 valence electrons. The second-order valence-corrected chi connectivity index (χ2v) is 7.04. The number of nitrogen functional groups attached to an aromatic ring is 1. The number of nitrogens with zero attached hydrogens (tertiary/aromatic N) is 4. The minimum Gasteiger partial charge on any atom is -0.368 e. The van der Waals surface area contributed by atoms with Gasteiger partial charge in [-0.25, -0.2) is 4.98 Å². The number of ether oxygens (including phenoxy) is 1. The van der Waals surface area contributed by atoms with Crippen LogP contribution in [0.3, 0.4) is 0 Å². The molecule has 0 bridgehead atoms. The van der Waals surface area contributed by atoms with Crippen LogP contribution in [0.5, 0.6) is 0 Å².